The molecule has 1 aromatic rings. The van der Waals surface area contributed by atoms with Gasteiger partial charge in [0, 0.05) is 23.5 Å². The predicted molar refractivity (Wildman–Crippen MR) is 94.3 cm³/mol. The van der Waals surface area contributed by atoms with Gasteiger partial charge in [-0.1, -0.05) is 36.7 Å². The molecule has 0 radical (unpaired) electrons. The zero-order valence-electron chi connectivity index (χ0n) is 14.6. The normalized spacial score (nSPS) is 12.6. The molecule has 0 saturated carbocycles. The molecule has 0 unspecified atom stereocenters. The molecule has 128 valence electrons. The van der Waals surface area contributed by atoms with E-state index in [0.29, 0.717) is 18.0 Å². The molecule has 1 aromatic carbocycles. The van der Waals surface area contributed by atoms with Gasteiger partial charge in [0.25, 0.3) is 0 Å². The smallest absolute Gasteiger partial charge is 0.242 e. The fourth-order valence-corrected chi connectivity index (χ4v) is 2.42. The Morgan fingerprint density at radius 1 is 1.26 bits per heavy atom. The van der Waals surface area contributed by atoms with Crippen molar-refractivity contribution in [3.8, 4) is 0 Å². The van der Waals surface area contributed by atoms with Gasteiger partial charge in [0.1, 0.15) is 6.04 Å². The van der Waals surface area contributed by atoms with Crippen molar-refractivity contribution in [3.05, 3.63) is 34.9 Å². The van der Waals surface area contributed by atoms with Crippen LogP contribution >= 0.6 is 11.6 Å². The van der Waals surface area contributed by atoms with E-state index in [4.69, 9.17) is 11.6 Å². The van der Waals surface area contributed by atoms with Gasteiger partial charge in [0.15, 0.2) is 0 Å². The lowest BCUT2D eigenvalue weighted by Gasteiger charge is -2.31. The van der Waals surface area contributed by atoms with Crippen LogP contribution in [0.1, 0.15) is 53.0 Å². The number of amides is 2. The van der Waals surface area contributed by atoms with E-state index < -0.39 is 6.04 Å². The predicted octanol–water partition coefficient (Wildman–Crippen LogP) is 3.77. The van der Waals surface area contributed by atoms with Crippen LogP contribution in [0.2, 0.25) is 5.02 Å². The highest BCUT2D eigenvalue weighted by Crippen LogP contribution is 2.19. The van der Waals surface area contributed by atoms with Crippen LogP contribution in [0.25, 0.3) is 0 Å². The molecule has 1 rings (SSSR count). The Bertz CT molecular complexity index is 552. The number of halogens is 1. The maximum absolute atomic E-state index is 12.5. The number of benzene rings is 1. The lowest BCUT2D eigenvalue weighted by Crippen LogP contribution is -2.52. The molecule has 0 aliphatic rings. The van der Waals surface area contributed by atoms with Gasteiger partial charge in [0.2, 0.25) is 11.8 Å². The number of carbonyl (C=O) groups excluding carboxylic acids is 2. The molecule has 0 aliphatic carbocycles. The van der Waals surface area contributed by atoms with Crippen LogP contribution in [-0.4, -0.2) is 28.3 Å². The van der Waals surface area contributed by atoms with Crippen molar-refractivity contribution < 1.29 is 9.59 Å². The Balaban J connectivity index is 2.98. The highest BCUT2D eigenvalue weighted by atomic mass is 35.5. The molecule has 2 amide bonds. The second-order valence-corrected chi connectivity index (χ2v) is 7.19. The molecule has 0 spiro atoms. The van der Waals surface area contributed by atoms with E-state index in [1.54, 1.807) is 17.9 Å². The molecule has 23 heavy (non-hydrogen) atoms. The van der Waals surface area contributed by atoms with Crippen molar-refractivity contribution in [3.63, 3.8) is 0 Å². The van der Waals surface area contributed by atoms with Gasteiger partial charge in [-0.2, -0.15) is 0 Å². The van der Waals surface area contributed by atoms with Crippen molar-refractivity contribution >= 4 is 23.4 Å². The topological polar surface area (TPSA) is 49.4 Å². The van der Waals surface area contributed by atoms with Gasteiger partial charge in [-0.05, 0) is 45.7 Å². The van der Waals surface area contributed by atoms with Crippen molar-refractivity contribution in [2.24, 2.45) is 0 Å². The Morgan fingerprint density at radius 2 is 1.87 bits per heavy atom. The van der Waals surface area contributed by atoms with E-state index in [1.807, 2.05) is 45.9 Å². The maximum Gasteiger partial charge on any atom is 0.242 e. The van der Waals surface area contributed by atoms with Crippen LogP contribution < -0.4 is 5.32 Å². The second-order valence-electron chi connectivity index (χ2n) is 6.78. The standard InChI is InChI=1S/C18H27ClN2O2/c1-6-9-16(22)21(12-14-10-7-8-11-15(14)19)13(2)17(23)20-18(3,4)5/h7-8,10-11,13H,6,9,12H2,1-5H3,(H,20,23)/t13-/m0/s1. The van der Waals surface area contributed by atoms with Crippen molar-refractivity contribution in [2.75, 3.05) is 0 Å². The van der Waals surface area contributed by atoms with E-state index in [0.717, 1.165) is 12.0 Å². The summed E-state index contributed by atoms with van der Waals surface area (Å²) < 4.78 is 0. The number of nitrogens with zero attached hydrogens (tertiary/aromatic N) is 1. The maximum atomic E-state index is 12.5. The molecule has 1 N–H and O–H groups in total. The molecule has 0 aromatic heterocycles. The summed E-state index contributed by atoms with van der Waals surface area (Å²) in [5, 5.41) is 3.53. The van der Waals surface area contributed by atoms with E-state index >= 15 is 0 Å². The first-order valence-electron chi connectivity index (χ1n) is 8.00. The third-order valence-corrected chi connectivity index (χ3v) is 3.80. The minimum absolute atomic E-state index is 0.0380. The second kappa shape index (κ2) is 8.34. The Kier molecular flexibility index (Phi) is 7.07. The van der Waals surface area contributed by atoms with Crippen LogP contribution in [0.3, 0.4) is 0 Å². The minimum atomic E-state index is -0.551. The summed E-state index contributed by atoms with van der Waals surface area (Å²) in [5.41, 5.74) is 0.504. The van der Waals surface area contributed by atoms with Gasteiger partial charge in [0.05, 0.1) is 0 Å². The number of hydrogen-bond acceptors (Lipinski definition) is 2. The number of hydrogen-bond donors (Lipinski definition) is 1. The summed E-state index contributed by atoms with van der Waals surface area (Å²) in [4.78, 5) is 26.5. The lowest BCUT2D eigenvalue weighted by atomic mass is 10.1. The summed E-state index contributed by atoms with van der Waals surface area (Å²) in [6.45, 7) is 9.80. The summed E-state index contributed by atoms with van der Waals surface area (Å²) in [6, 6.07) is 6.84. The third-order valence-electron chi connectivity index (χ3n) is 3.43. The third kappa shape index (κ3) is 6.22. The van der Waals surface area contributed by atoms with Crippen LogP contribution in [-0.2, 0) is 16.1 Å². The van der Waals surface area contributed by atoms with Crippen molar-refractivity contribution in [2.45, 2.75) is 65.6 Å². The molecule has 0 fully saturated rings. The van der Waals surface area contributed by atoms with Gasteiger partial charge < -0.3 is 10.2 Å². The van der Waals surface area contributed by atoms with E-state index in [2.05, 4.69) is 5.32 Å². The summed E-state index contributed by atoms with van der Waals surface area (Å²) in [7, 11) is 0. The first-order chi connectivity index (χ1) is 10.7. The number of rotatable bonds is 6. The summed E-state index contributed by atoms with van der Waals surface area (Å²) >= 11 is 6.20. The largest absolute Gasteiger partial charge is 0.350 e. The monoisotopic (exact) mass is 338 g/mol. The first kappa shape index (κ1) is 19.5. The number of carbonyl (C=O) groups is 2. The SMILES string of the molecule is CCCC(=O)N(Cc1ccccc1Cl)[C@@H](C)C(=O)NC(C)(C)C. The lowest BCUT2D eigenvalue weighted by molar-refractivity contribution is -0.141. The molecule has 0 aliphatic heterocycles. The van der Waals surface area contributed by atoms with Crippen molar-refractivity contribution in [1.29, 1.82) is 0 Å². The average Bonchev–Trinajstić information content (AvgIpc) is 2.44. The molecule has 0 bridgehead atoms. The molecular formula is C18H27ClN2O2. The van der Waals surface area contributed by atoms with E-state index in [9.17, 15) is 9.59 Å². The van der Waals surface area contributed by atoms with Crippen molar-refractivity contribution in [1.82, 2.24) is 10.2 Å². The summed E-state index contributed by atoms with van der Waals surface area (Å²) in [6.07, 6.45) is 1.16. The van der Waals surface area contributed by atoms with Crippen LogP contribution in [0.15, 0.2) is 24.3 Å². The zero-order chi connectivity index (χ0) is 17.6. The quantitative estimate of drug-likeness (QED) is 0.858. The fourth-order valence-electron chi connectivity index (χ4n) is 2.22. The molecule has 0 saturated heterocycles. The number of nitrogens with one attached hydrogen (secondary N) is 1. The molecule has 1 atom stereocenters. The van der Waals surface area contributed by atoms with Crippen LogP contribution in [0.5, 0.6) is 0 Å². The molecule has 5 heteroatoms. The van der Waals surface area contributed by atoms with Crippen LogP contribution in [0, 0.1) is 0 Å². The van der Waals surface area contributed by atoms with E-state index in [1.165, 1.54) is 0 Å². The average molecular weight is 339 g/mol. The molecular weight excluding hydrogens is 312 g/mol. The van der Waals surface area contributed by atoms with Gasteiger partial charge >= 0.3 is 0 Å². The highest BCUT2D eigenvalue weighted by Gasteiger charge is 2.28. The van der Waals surface area contributed by atoms with Gasteiger partial charge in [-0.25, -0.2) is 0 Å². The highest BCUT2D eigenvalue weighted by molar-refractivity contribution is 6.31. The van der Waals surface area contributed by atoms with E-state index in [-0.39, 0.29) is 17.4 Å². The summed E-state index contributed by atoms with van der Waals surface area (Å²) in [5.74, 6) is -0.196. The van der Waals surface area contributed by atoms with Gasteiger partial charge in [-0.3, -0.25) is 9.59 Å². The van der Waals surface area contributed by atoms with Crippen LogP contribution in [0.4, 0.5) is 0 Å². The Hall–Kier alpha value is -1.55. The molecule has 0 heterocycles. The fraction of sp³-hybridized carbons (Fsp3) is 0.556. The first-order valence-corrected chi connectivity index (χ1v) is 8.38. The minimum Gasteiger partial charge on any atom is -0.350 e. The Morgan fingerprint density at radius 3 is 2.39 bits per heavy atom. The zero-order valence-corrected chi connectivity index (χ0v) is 15.4. The van der Waals surface area contributed by atoms with Gasteiger partial charge in [-0.15, -0.1) is 0 Å². The Labute approximate surface area is 144 Å². The molecule has 4 nitrogen and oxygen atoms in total.